The van der Waals surface area contributed by atoms with Crippen LogP contribution in [0.1, 0.15) is 39.5 Å². The molecular weight excluding hydrogens is 636 g/mol. The summed E-state index contributed by atoms with van der Waals surface area (Å²) in [5.41, 5.74) is 2.13. The molecule has 0 aliphatic carbocycles. The van der Waals surface area contributed by atoms with Gasteiger partial charge in [0.25, 0.3) is 0 Å². The van der Waals surface area contributed by atoms with Gasteiger partial charge in [-0.2, -0.15) is 10.2 Å². The fourth-order valence-electron chi connectivity index (χ4n) is 5.63. The first-order valence-electron chi connectivity index (χ1n) is 16.0. The molecule has 2 fully saturated rings. The summed E-state index contributed by atoms with van der Waals surface area (Å²) in [7, 11) is 2.43. The van der Waals surface area contributed by atoms with Crippen LogP contribution in [0.2, 0.25) is 0 Å². The molecule has 0 radical (unpaired) electrons. The number of anilines is 2. The van der Waals surface area contributed by atoms with Crippen LogP contribution in [0.25, 0.3) is 0 Å². The molecule has 2 aliphatic rings. The van der Waals surface area contributed by atoms with Crippen LogP contribution in [0, 0.1) is 5.92 Å². The third-order valence-corrected chi connectivity index (χ3v) is 8.23. The number of benzene rings is 2. The van der Waals surface area contributed by atoms with Gasteiger partial charge >= 0.3 is 12.2 Å². The molecule has 0 spiro atoms. The van der Waals surface area contributed by atoms with Crippen molar-refractivity contribution in [3.63, 3.8) is 0 Å². The highest BCUT2D eigenvalue weighted by Gasteiger charge is 2.39. The lowest BCUT2D eigenvalue weighted by atomic mass is 10.0. The number of amides is 6. The molecule has 2 aromatic rings. The van der Waals surface area contributed by atoms with Gasteiger partial charge in [-0.15, -0.1) is 0 Å². The van der Waals surface area contributed by atoms with Crippen molar-refractivity contribution in [2.24, 2.45) is 16.1 Å². The lowest BCUT2D eigenvalue weighted by Gasteiger charge is -2.30. The molecule has 2 aromatic carbocycles. The number of carbonyl (C=O) groups excluding carboxylic acids is 6. The summed E-state index contributed by atoms with van der Waals surface area (Å²) in [6.07, 6.45) is 0.925. The van der Waals surface area contributed by atoms with Crippen molar-refractivity contribution in [1.29, 1.82) is 0 Å². The smallest absolute Gasteiger partial charge is 0.407 e. The standard InChI is InChI=1S/C33H42N8O8/c1-20(2)28(37-33(47)49-4)31(45)41-18-6-8-26(41)30(44)36-22-11-15-24(16-12-22)39-38-23-13-9-21(10-14-23)35-29(43)25-7-5-17-40(25)27(42)19-34-32(46)48-3/h9-16,20,25-26,28H,5-8,17-19H2,1-4H3,(H,34,46)(H,35,43)(H,36,44)(H,37,47)/t25-,26-,28-/m0/s1. The van der Waals surface area contributed by atoms with E-state index in [0.29, 0.717) is 61.5 Å². The molecule has 6 amide bonds. The first kappa shape index (κ1) is 36.3. The molecule has 0 bridgehead atoms. The largest absolute Gasteiger partial charge is 0.453 e. The van der Waals surface area contributed by atoms with Crippen LogP contribution < -0.4 is 21.3 Å². The Bertz CT molecular complexity index is 1550. The van der Waals surface area contributed by atoms with E-state index in [4.69, 9.17) is 0 Å². The molecule has 4 rings (SSSR count). The van der Waals surface area contributed by atoms with Gasteiger partial charge in [0.15, 0.2) is 0 Å². The monoisotopic (exact) mass is 678 g/mol. The van der Waals surface area contributed by atoms with Gasteiger partial charge in [0.1, 0.15) is 24.7 Å². The van der Waals surface area contributed by atoms with E-state index < -0.39 is 30.3 Å². The topological polar surface area (TPSA) is 200 Å². The average molecular weight is 679 g/mol. The van der Waals surface area contributed by atoms with Crippen LogP contribution >= 0.6 is 0 Å². The Morgan fingerprint density at radius 2 is 1.20 bits per heavy atom. The third kappa shape index (κ3) is 9.74. The van der Waals surface area contributed by atoms with E-state index in [1.165, 1.54) is 24.0 Å². The number of hydrogen-bond donors (Lipinski definition) is 4. The summed E-state index contributed by atoms with van der Waals surface area (Å²) < 4.78 is 9.14. The average Bonchev–Trinajstić information content (AvgIpc) is 3.80. The molecule has 4 N–H and O–H groups in total. The predicted molar refractivity (Wildman–Crippen MR) is 178 cm³/mol. The van der Waals surface area contributed by atoms with Crippen molar-refractivity contribution in [3.05, 3.63) is 48.5 Å². The van der Waals surface area contributed by atoms with Gasteiger partial charge in [-0.05, 0) is 80.1 Å². The molecule has 0 aromatic heterocycles. The van der Waals surface area contributed by atoms with Crippen LogP contribution in [-0.2, 0) is 28.7 Å². The Balaban J connectivity index is 1.29. The summed E-state index contributed by atoms with van der Waals surface area (Å²) >= 11 is 0. The van der Waals surface area contributed by atoms with E-state index >= 15 is 0 Å². The fraction of sp³-hybridized carbons (Fsp3) is 0.455. The van der Waals surface area contributed by atoms with Gasteiger partial charge in [-0.1, -0.05) is 13.8 Å². The number of hydrogen-bond acceptors (Lipinski definition) is 10. The summed E-state index contributed by atoms with van der Waals surface area (Å²) in [4.78, 5) is 77.8. The van der Waals surface area contributed by atoms with Gasteiger partial charge < -0.3 is 40.5 Å². The van der Waals surface area contributed by atoms with Crippen LogP contribution in [-0.4, -0.2) is 97.6 Å². The van der Waals surface area contributed by atoms with Gasteiger partial charge in [0, 0.05) is 24.5 Å². The van der Waals surface area contributed by atoms with E-state index in [1.807, 2.05) is 13.8 Å². The van der Waals surface area contributed by atoms with Crippen molar-refractivity contribution in [1.82, 2.24) is 20.4 Å². The van der Waals surface area contributed by atoms with Crippen LogP contribution in [0.5, 0.6) is 0 Å². The van der Waals surface area contributed by atoms with Crippen molar-refractivity contribution in [2.45, 2.75) is 57.7 Å². The number of rotatable bonds is 11. The highest BCUT2D eigenvalue weighted by Crippen LogP contribution is 2.25. The summed E-state index contributed by atoms with van der Waals surface area (Å²) in [6, 6.07) is 11.3. The molecule has 16 nitrogen and oxygen atoms in total. The minimum Gasteiger partial charge on any atom is -0.453 e. The zero-order valence-corrected chi connectivity index (χ0v) is 27.9. The molecule has 0 unspecified atom stereocenters. The van der Waals surface area contributed by atoms with Crippen LogP contribution in [0.4, 0.5) is 32.3 Å². The van der Waals surface area contributed by atoms with E-state index in [2.05, 4.69) is 41.0 Å². The Morgan fingerprint density at radius 1 is 0.735 bits per heavy atom. The molecule has 49 heavy (non-hydrogen) atoms. The zero-order valence-electron chi connectivity index (χ0n) is 27.9. The SMILES string of the molecule is COC(=O)NCC(=O)N1CCC[C@H]1C(=O)Nc1ccc(N=Nc2ccc(NC(=O)[C@@H]3CCCN3C(=O)[C@@H](NC(=O)OC)C(C)C)cc2)cc1. The Labute approximate surface area is 284 Å². The van der Waals surface area contributed by atoms with Gasteiger partial charge in [0.2, 0.25) is 23.6 Å². The second-order valence-electron chi connectivity index (χ2n) is 11.9. The van der Waals surface area contributed by atoms with Gasteiger partial charge in [0.05, 0.1) is 25.6 Å². The number of ether oxygens (including phenoxy) is 2. The summed E-state index contributed by atoms with van der Waals surface area (Å²) in [6.45, 7) is 4.19. The number of likely N-dealkylation sites (tertiary alicyclic amines) is 2. The number of azo groups is 1. The Kier molecular flexibility index (Phi) is 12.6. The van der Waals surface area contributed by atoms with Gasteiger partial charge in [-0.3, -0.25) is 19.2 Å². The molecule has 2 aliphatic heterocycles. The second-order valence-corrected chi connectivity index (χ2v) is 11.9. The third-order valence-electron chi connectivity index (χ3n) is 8.23. The minimum absolute atomic E-state index is 0.201. The quantitative estimate of drug-likeness (QED) is 0.258. The predicted octanol–water partition coefficient (Wildman–Crippen LogP) is 3.70. The number of nitrogens with one attached hydrogen (secondary N) is 4. The van der Waals surface area contributed by atoms with Crippen LogP contribution in [0.15, 0.2) is 58.8 Å². The van der Waals surface area contributed by atoms with E-state index in [9.17, 15) is 28.8 Å². The summed E-state index contributed by atoms with van der Waals surface area (Å²) in [5.74, 6) is -1.55. The maximum Gasteiger partial charge on any atom is 0.407 e. The number of nitrogens with zero attached hydrogens (tertiary/aromatic N) is 4. The highest BCUT2D eigenvalue weighted by molar-refractivity contribution is 5.99. The molecule has 16 heteroatoms. The number of methoxy groups -OCH3 is 2. The normalized spacial score (nSPS) is 17.8. The summed E-state index contributed by atoms with van der Waals surface area (Å²) in [5, 5.41) is 19.1. The van der Waals surface area contributed by atoms with Crippen LogP contribution in [0.3, 0.4) is 0 Å². The Morgan fingerprint density at radius 3 is 1.67 bits per heavy atom. The maximum absolute atomic E-state index is 13.2. The molecular formula is C33H42N8O8. The molecule has 3 atom stereocenters. The van der Waals surface area contributed by atoms with Crippen molar-refractivity contribution in [2.75, 3.05) is 44.5 Å². The molecule has 2 heterocycles. The zero-order chi connectivity index (χ0) is 35.5. The molecule has 2 saturated heterocycles. The first-order chi connectivity index (χ1) is 23.5. The minimum atomic E-state index is -0.815. The fourth-order valence-corrected chi connectivity index (χ4v) is 5.63. The lowest BCUT2D eigenvalue weighted by molar-refractivity contribution is -0.139. The van der Waals surface area contributed by atoms with E-state index in [1.54, 1.807) is 48.5 Å². The molecule has 262 valence electrons. The molecule has 0 saturated carbocycles. The highest BCUT2D eigenvalue weighted by atomic mass is 16.5. The maximum atomic E-state index is 13.2. The van der Waals surface area contributed by atoms with E-state index in [0.717, 1.165) is 0 Å². The van der Waals surface area contributed by atoms with E-state index in [-0.39, 0.29) is 36.1 Å². The first-order valence-corrected chi connectivity index (χ1v) is 16.0. The van der Waals surface area contributed by atoms with Crippen molar-refractivity contribution >= 4 is 58.6 Å². The van der Waals surface area contributed by atoms with Gasteiger partial charge in [-0.25, -0.2) is 9.59 Å². The number of alkyl carbamates (subject to hydrolysis) is 2. The Hall–Kier alpha value is -5.54. The lowest BCUT2D eigenvalue weighted by Crippen LogP contribution is -2.54. The number of carbonyl (C=O) groups is 6. The second kappa shape index (κ2) is 17.0. The van der Waals surface area contributed by atoms with Crippen molar-refractivity contribution in [3.8, 4) is 0 Å². The van der Waals surface area contributed by atoms with Crippen molar-refractivity contribution < 1.29 is 38.2 Å².